The molecule has 13 heavy (non-hydrogen) atoms. The van der Waals surface area contributed by atoms with E-state index in [1.807, 2.05) is 6.92 Å². The third-order valence-corrected chi connectivity index (χ3v) is 2.82. The molecule has 0 spiro atoms. The Bertz CT molecular complexity index is 319. The molecule has 2 N–H and O–H groups in total. The molecular weight excluding hydrogens is 186 g/mol. The van der Waals surface area contributed by atoms with Crippen molar-refractivity contribution in [3.8, 4) is 0 Å². The lowest BCUT2D eigenvalue weighted by Gasteiger charge is -2.25. The molecule has 1 fully saturated rings. The monoisotopic (exact) mass is 197 g/mol. The van der Waals surface area contributed by atoms with Crippen LogP contribution in [0.15, 0.2) is 6.20 Å². The quantitative estimate of drug-likeness (QED) is 0.735. The van der Waals surface area contributed by atoms with Crippen molar-refractivity contribution in [1.82, 2.24) is 10.3 Å². The largest absolute Gasteiger partial charge is 0.306 e. The second-order valence-electron chi connectivity index (χ2n) is 3.06. The van der Waals surface area contributed by atoms with Crippen molar-refractivity contribution in [3.63, 3.8) is 0 Å². The number of nitrogens with one attached hydrogen (secondary N) is 2. The van der Waals surface area contributed by atoms with Gasteiger partial charge in [-0.25, -0.2) is 4.98 Å². The van der Waals surface area contributed by atoms with Gasteiger partial charge < -0.3 is 10.6 Å². The average Bonchev–Trinajstić information content (AvgIpc) is 2.31. The minimum absolute atomic E-state index is 0.00999. The molecule has 1 amide bonds. The van der Waals surface area contributed by atoms with Crippen molar-refractivity contribution in [2.45, 2.75) is 19.4 Å². The smallest absolute Gasteiger partial charge is 0.243 e. The van der Waals surface area contributed by atoms with Crippen molar-refractivity contribution in [2.75, 3.05) is 11.9 Å². The molecule has 0 aliphatic carbocycles. The number of thiazole rings is 1. The van der Waals surface area contributed by atoms with E-state index in [9.17, 15) is 4.79 Å². The van der Waals surface area contributed by atoms with Crippen LogP contribution in [0.3, 0.4) is 0 Å². The van der Waals surface area contributed by atoms with Gasteiger partial charge in [0.2, 0.25) is 5.91 Å². The Morgan fingerprint density at radius 1 is 1.85 bits per heavy atom. The van der Waals surface area contributed by atoms with E-state index in [-0.39, 0.29) is 11.9 Å². The maximum Gasteiger partial charge on any atom is 0.243 e. The standard InChI is InChI=1S/C8H11N3OS/c1-5-4-10-8(13-5)11-7(12)6-2-3-9-6/h4,6,9H,2-3H2,1H3,(H,10,11,12)/t6-/m1/s1. The van der Waals surface area contributed by atoms with Gasteiger partial charge in [0.1, 0.15) is 0 Å². The summed E-state index contributed by atoms with van der Waals surface area (Å²) in [6.45, 7) is 2.91. The van der Waals surface area contributed by atoms with Crippen LogP contribution in [0.5, 0.6) is 0 Å². The number of aromatic nitrogens is 1. The van der Waals surface area contributed by atoms with Crippen molar-refractivity contribution in [1.29, 1.82) is 0 Å². The van der Waals surface area contributed by atoms with Crippen LogP contribution in [0.1, 0.15) is 11.3 Å². The topological polar surface area (TPSA) is 54.0 Å². The molecule has 5 heteroatoms. The van der Waals surface area contributed by atoms with Gasteiger partial charge in [0.15, 0.2) is 5.13 Å². The fourth-order valence-corrected chi connectivity index (χ4v) is 1.78. The van der Waals surface area contributed by atoms with Gasteiger partial charge in [0, 0.05) is 11.1 Å². The Balaban J connectivity index is 1.93. The molecular formula is C8H11N3OS. The second-order valence-corrected chi connectivity index (χ2v) is 4.30. The molecule has 1 aliphatic rings. The Kier molecular flexibility index (Phi) is 2.28. The maximum absolute atomic E-state index is 11.4. The summed E-state index contributed by atoms with van der Waals surface area (Å²) in [6.07, 6.45) is 2.69. The van der Waals surface area contributed by atoms with E-state index in [4.69, 9.17) is 0 Å². The number of aryl methyl sites for hydroxylation is 1. The Morgan fingerprint density at radius 2 is 2.62 bits per heavy atom. The van der Waals surface area contributed by atoms with Crippen LogP contribution in [0, 0.1) is 6.92 Å². The summed E-state index contributed by atoms with van der Waals surface area (Å²) in [5.41, 5.74) is 0. The van der Waals surface area contributed by atoms with Crippen LogP contribution in [0.25, 0.3) is 0 Å². The lowest BCUT2D eigenvalue weighted by Crippen LogP contribution is -2.50. The van der Waals surface area contributed by atoms with E-state index >= 15 is 0 Å². The number of amides is 1. The molecule has 0 aromatic carbocycles. The first kappa shape index (κ1) is 8.65. The molecule has 1 aliphatic heterocycles. The number of hydrogen-bond donors (Lipinski definition) is 2. The lowest BCUT2D eigenvalue weighted by atomic mass is 10.1. The lowest BCUT2D eigenvalue weighted by molar-refractivity contribution is -0.119. The molecule has 2 rings (SSSR count). The zero-order chi connectivity index (χ0) is 9.26. The zero-order valence-corrected chi connectivity index (χ0v) is 8.15. The second kappa shape index (κ2) is 3.43. The summed E-state index contributed by atoms with van der Waals surface area (Å²) < 4.78 is 0. The zero-order valence-electron chi connectivity index (χ0n) is 7.33. The van der Waals surface area contributed by atoms with E-state index in [0.29, 0.717) is 5.13 Å². The van der Waals surface area contributed by atoms with Crippen LogP contribution >= 0.6 is 11.3 Å². The first-order valence-electron chi connectivity index (χ1n) is 4.22. The van der Waals surface area contributed by atoms with E-state index < -0.39 is 0 Å². The van der Waals surface area contributed by atoms with Gasteiger partial charge >= 0.3 is 0 Å². The van der Waals surface area contributed by atoms with Gasteiger partial charge in [-0.1, -0.05) is 0 Å². The molecule has 1 saturated heterocycles. The number of nitrogens with zero attached hydrogens (tertiary/aromatic N) is 1. The van der Waals surface area contributed by atoms with Gasteiger partial charge in [-0.2, -0.15) is 0 Å². The predicted octanol–water partition coefficient (Wildman–Crippen LogP) is 0.752. The minimum atomic E-state index is -0.00999. The maximum atomic E-state index is 11.4. The highest BCUT2D eigenvalue weighted by Gasteiger charge is 2.24. The van der Waals surface area contributed by atoms with Crippen LogP contribution in [-0.4, -0.2) is 23.5 Å². The van der Waals surface area contributed by atoms with Gasteiger partial charge in [0.05, 0.1) is 6.04 Å². The molecule has 0 radical (unpaired) electrons. The minimum Gasteiger partial charge on any atom is -0.306 e. The predicted molar refractivity (Wildman–Crippen MR) is 51.9 cm³/mol. The van der Waals surface area contributed by atoms with Crippen molar-refractivity contribution < 1.29 is 4.79 Å². The van der Waals surface area contributed by atoms with Crippen LogP contribution in [0.4, 0.5) is 5.13 Å². The summed E-state index contributed by atoms with van der Waals surface area (Å²) in [6, 6.07) is -0.00999. The van der Waals surface area contributed by atoms with Crippen molar-refractivity contribution in [3.05, 3.63) is 11.1 Å². The van der Waals surface area contributed by atoms with Crippen molar-refractivity contribution >= 4 is 22.4 Å². The Hall–Kier alpha value is -0.940. The molecule has 0 saturated carbocycles. The fraction of sp³-hybridized carbons (Fsp3) is 0.500. The Labute approximate surface area is 80.4 Å². The Morgan fingerprint density at radius 3 is 3.08 bits per heavy atom. The molecule has 0 bridgehead atoms. The van der Waals surface area contributed by atoms with Crippen LogP contribution in [0.2, 0.25) is 0 Å². The SMILES string of the molecule is Cc1cnc(NC(=O)[C@H]2CCN2)s1. The van der Waals surface area contributed by atoms with E-state index in [0.717, 1.165) is 17.8 Å². The molecule has 1 aromatic rings. The molecule has 4 nitrogen and oxygen atoms in total. The first-order valence-corrected chi connectivity index (χ1v) is 5.04. The van der Waals surface area contributed by atoms with Crippen LogP contribution in [-0.2, 0) is 4.79 Å². The highest BCUT2D eigenvalue weighted by atomic mass is 32.1. The summed E-state index contributed by atoms with van der Waals surface area (Å²) in [4.78, 5) is 16.6. The van der Waals surface area contributed by atoms with Gasteiger partial charge in [0.25, 0.3) is 0 Å². The van der Waals surface area contributed by atoms with Gasteiger partial charge in [-0.05, 0) is 19.9 Å². The van der Waals surface area contributed by atoms with Gasteiger partial charge in [-0.3, -0.25) is 4.79 Å². The molecule has 0 unspecified atom stereocenters. The third kappa shape index (κ3) is 1.87. The van der Waals surface area contributed by atoms with Crippen molar-refractivity contribution in [2.24, 2.45) is 0 Å². The molecule has 70 valence electrons. The molecule has 1 aromatic heterocycles. The number of anilines is 1. The van der Waals surface area contributed by atoms with E-state index in [2.05, 4.69) is 15.6 Å². The fourth-order valence-electron chi connectivity index (χ4n) is 1.12. The highest BCUT2D eigenvalue weighted by molar-refractivity contribution is 7.15. The summed E-state index contributed by atoms with van der Waals surface area (Å²) in [7, 11) is 0. The third-order valence-electron chi connectivity index (χ3n) is 1.99. The number of carbonyl (C=O) groups excluding carboxylic acids is 1. The van der Waals surface area contributed by atoms with Crippen LogP contribution < -0.4 is 10.6 Å². The molecule has 1 atom stereocenters. The first-order chi connectivity index (χ1) is 6.25. The van der Waals surface area contributed by atoms with E-state index in [1.54, 1.807) is 6.20 Å². The van der Waals surface area contributed by atoms with E-state index in [1.165, 1.54) is 11.3 Å². The molecule has 2 heterocycles. The average molecular weight is 197 g/mol. The summed E-state index contributed by atoms with van der Waals surface area (Å²) in [5.74, 6) is 0.0283. The summed E-state index contributed by atoms with van der Waals surface area (Å²) >= 11 is 1.50. The normalized spacial score (nSPS) is 20.8. The number of rotatable bonds is 2. The van der Waals surface area contributed by atoms with Gasteiger partial charge in [-0.15, -0.1) is 11.3 Å². The highest BCUT2D eigenvalue weighted by Crippen LogP contribution is 2.17. The summed E-state index contributed by atoms with van der Waals surface area (Å²) in [5, 5.41) is 6.50. The number of hydrogen-bond acceptors (Lipinski definition) is 4. The number of carbonyl (C=O) groups is 1.